The number of hydrogen-bond acceptors (Lipinski definition) is 1. The lowest BCUT2D eigenvalue weighted by atomic mass is 10.1. The molecular formula is C19H19NO. The van der Waals surface area contributed by atoms with Crippen LogP contribution in [0.3, 0.4) is 0 Å². The first kappa shape index (κ1) is 14.9. The Morgan fingerprint density at radius 3 is 2.38 bits per heavy atom. The molecule has 21 heavy (non-hydrogen) atoms. The maximum absolute atomic E-state index is 12.2. The van der Waals surface area contributed by atoms with Crippen molar-refractivity contribution in [2.24, 2.45) is 0 Å². The molecule has 0 spiro atoms. The predicted molar refractivity (Wildman–Crippen MR) is 86.1 cm³/mol. The molecule has 0 N–H and O–H groups in total. The highest BCUT2D eigenvalue weighted by Gasteiger charge is 2.10. The lowest BCUT2D eigenvalue weighted by Gasteiger charge is -2.16. The van der Waals surface area contributed by atoms with Crippen molar-refractivity contribution in [3.05, 3.63) is 71.3 Å². The molecule has 0 radical (unpaired) electrons. The van der Waals surface area contributed by atoms with Gasteiger partial charge in [0.25, 0.3) is 5.91 Å². The standard InChI is InChI=1S/C19H19NO/c1-3-14-20(2)19(21)18-11-7-10-17(15-18)13-12-16-8-5-4-6-9-16/h4-11,15H,3,14H2,1-2H3. The van der Waals surface area contributed by atoms with Gasteiger partial charge in [0.1, 0.15) is 0 Å². The highest BCUT2D eigenvalue weighted by molar-refractivity contribution is 5.94. The third-order valence-electron chi connectivity index (χ3n) is 3.14. The predicted octanol–water partition coefficient (Wildman–Crippen LogP) is 3.57. The third kappa shape index (κ3) is 4.22. The highest BCUT2D eigenvalue weighted by Crippen LogP contribution is 2.08. The van der Waals surface area contributed by atoms with Crippen LogP contribution < -0.4 is 0 Å². The molecule has 0 aromatic heterocycles. The van der Waals surface area contributed by atoms with Crippen LogP contribution in [-0.2, 0) is 0 Å². The monoisotopic (exact) mass is 277 g/mol. The molecule has 0 bridgehead atoms. The Morgan fingerprint density at radius 1 is 1.00 bits per heavy atom. The summed E-state index contributed by atoms with van der Waals surface area (Å²) < 4.78 is 0. The van der Waals surface area contributed by atoms with E-state index in [0.717, 1.165) is 24.1 Å². The number of nitrogens with zero attached hydrogens (tertiary/aromatic N) is 1. The van der Waals surface area contributed by atoms with Crippen molar-refractivity contribution >= 4 is 5.91 Å². The van der Waals surface area contributed by atoms with Gasteiger partial charge >= 0.3 is 0 Å². The van der Waals surface area contributed by atoms with Gasteiger partial charge in [0, 0.05) is 30.3 Å². The molecule has 0 aliphatic rings. The number of hydrogen-bond donors (Lipinski definition) is 0. The van der Waals surface area contributed by atoms with Crippen LogP contribution in [0.1, 0.15) is 34.8 Å². The minimum absolute atomic E-state index is 0.0419. The number of benzene rings is 2. The van der Waals surface area contributed by atoms with Gasteiger partial charge in [-0.3, -0.25) is 4.79 Å². The van der Waals surface area contributed by atoms with Gasteiger partial charge in [0.2, 0.25) is 0 Å². The molecule has 2 rings (SSSR count). The fourth-order valence-corrected chi connectivity index (χ4v) is 2.05. The minimum Gasteiger partial charge on any atom is -0.342 e. The van der Waals surface area contributed by atoms with E-state index in [1.54, 1.807) is 4.90 Å². The summed E-state index contributed by atoms with van der Waals surface area (Å²) in [5, 5.41) is 0. The van der Waals surface area contributed by atoms with Gasteiger partial charge < -0.3 is 4.90 Å². The second-order valence-corrected chi connectivity index (χ2v) is 4.92. The number of carbonyl (C=O) groups excluding carboxylic acids is 1. The molecule has 0 unspecified atom stereocenters. The summed E-state index contributed by atoms with van der Waals surface area (Å²) in [6.45, 7) is 2.82. The van der Waals surface area contributed by atoms with Crippen LogP contribution in [0.5, 0.6) is 0 Å². The molecule has 2 aromatic carbocycles. The SMILES string of the molecule is CCCN(C)C(=O)c1cccc(C#Cc2ccccc2)c1. The maximum Gasteiger partial charge on any atom is 0.253 e. The van der Waals surface area contributed by atoms with Crippen molar-refractivity contribution in [3.8, 4) is 11.8 Å². The molecule has 0 aliphatic heterocycles. The Morgan fingerprint density at radius 2 is 1.67 bits per heavy atom. The van der Waals surface area contributed by atoms with E-state index in [0.29, 0.717) is 5.56 Å². The topological polar surface area (TPSA) is 20.3 Å². The lowest BCUT2D eigenvalue weighted by molar-refractivity contribution is 0.0795. The first-order valence-electron chi connectivity index (χ1n) is 7.13. The molecule has 0 aliphatic carbocycles. The summed E-state index contributed by atoms with van der Waals surface area (Å²) in [4.78, 5) is 14.0. The summed E-state index contributed by atoms with van der Waals surface area (Å²) in [6.07, 6.45) is 0.954. The molecule has 0 saturated heterocycles. The summed E-state index contributed by atoms with van der Waals surface area (Å²) in [6, 6.07) is 17.3. The van der Waals surface area contributed by atoms with Crippen LogP contribution in [0.2, 0.25) is 0 Å². The quantitative estimate of drug-likeness (QED) is 0.785. The van der Waals surface area contributed by atoms with Crippen LogP contribution in [0.4, 0.5) is 0 Å². The average Bonchev–Trinajstić information content (AvgIpc) is 2.54. The van der Waals surface area contributed by atoms with Gasteiger partial charge in [-0.2, -0.15) is 0 Å². The second-order valence-electron chi connectivity index (χ2n) is 4.92. The van der Waals surface area contributed by atoms with E-state index in [9.17, 15) is 4.79 Å². The zero-order valence-corrected chi connectivity index (χ0v) is 12.5. The number of carbonyl (C=O) groups is 1. The first-order valence-corrected chi connectivity index (χ1v) is 7.13. The van der Waals surface area contributed by atoms with E-state index in [1.165, 1.54) is 0 Å². The third-order valence-corrected chi connectivity index (χ3v) is 3.14. The largest absolute Gasteiger partial charge is 0.342 e. The lowest BCUT2D eigenvalue weighted by Crippen LogP contribution is -2.27. The highest BCUT2D eigenvalue weighted by atomic mass is 16.2. The number of amides is 1. The Bertz CT molecular complexity index is 665. The molecule has 106 valence electrons. The second kappa shape index (κ2) is 7.31. The normalized spacial score (nSPS) is 9.62. The molecular weight excluding hydrogens is 258 g/mol. The van der Waals surface area contributed by atoms with Crippen molar-refractivity contribution < 1.29 is 4.79 Å². The van der Waals surface area contributed by atoms with Gasteiger partial charge in [-0.1, -0.05) is 43.0 Å². The Kier molecular flexibility index (Phi) is 5.17. The fraction of sp³-hybridized carbons (Fsp3) is 0.211. The Hall–Kier alpha value is -2.53. The van der Waals surface area contributed by atoms with Crippen LogP contribution >= 0.6 is 0 Å². The van der Waals surface area contributed by atoms with Crippen molar-refractivity contribution in [2.45, 2.75) is 13.3 Å². The number of rotatable bonds is 3. The smallest absolute Gasteiger partial charge is 0.253 e. The van der Waals surface area contributed by atoms with E-state index >= 15 is 0 Å². The minimum atomic E-state index is 0.0419. The van der Waals surface area contributed by atoms with Gasteiger partial charge in [-0.05, 0) is 36.8 Å². The molecule has 2 aromatic rings. The van der Waals surface area contributed by atoms with E-state index < -0.39 is 0 Å². The Balaban J connectivity index is 2.19. The molecule has 2 nitrogen and oxygen atoms in total. The molecule has 0 saturated carbocycles. The van der Waals surface area contributed by atoms with E-state index in [-0.39, 0.29) is 5.91 Å². The van der Waals surface area contributed by atoms with Crippen molar-refractivity contribution in [1.82, 2.24) is 4.90 Å². The summed E-state index contributed by atoms with van der Waals surface area (Å²) in [7, 11) is 1.83. The zero-order chi connectivity index (χ0) is 15.1. The van der Waals surface area contributed by atoms with E-state index in [2.05, 4.69) is 18.8 Å². The molecule has 2 heteroatoms. The van der Waals surface area contributed by atoms with Crippen molar-refractivity contribution in [1.29, 1.82) is 0 Å². The van der Waals surface area contributed by atoms with Gasteiger partial charge in [-0.25, -0.2) is 0 Å². The van der Waals surface area contributed by atoms with Gasteiger partial charge in [-0.15, -0.1) is 0 Å². The Labute approximate surface area is 126 Å². The van der Waals surface area contributed by atoms with Crippen LogP contribution in [0.25, 0.3) is 0 Å². The molecule has 0 atom stereocenters. The molecule has 0 fully saturated rings. The van der Waals surface area contributed by atoms with Crippen molar-refractivity contribution in [3.63, 3.8) is 0 Å². The van der Waals surface area contributed by atoms with Gasteiger partial charge in [0.15, 0.2) is 0 Å². The first-order chi connectivity index (χ1) is 10.2. The van der Waals surface area contributed by atoms with Crippen LogP contribution in [-0.4, -0.2) is 24.4 Å². The summed E-state index contributed by atoms with van der Waals surface area (Å²) >= 11 is 0. The average molecular weight is 277 g/mol. The fourth-order valence-electron chi connectivity index (χ4n) is 2.05. The van der Waals surface area contributed by atoms with E-state index in [4.69, 9.17) is 0 Å². The maximum atomic E-state index is 12.2. The van der Waals surface area contributed by atoms with Crippen LogP contribution in [0.15, 0.2) is 54.6 Å². The summed E-state index contributed by atoms with van der Waals surface area (Å²) in [5.74, 6) is 6.25. The molecule has 0 heterocycles. The summed E-state index contributed by atoms with van der Waals surface area (Å²) in [5.41, 5.74) is 2.51. The van der Waals surface area contributed by atoms with Crippen molar-refractivity contribution in [2.75, 3.05) is 13.6 Å². The van der Waals surface area contributed by atoms with Gasteiger partial charge in [0.05, 0.1) is 0 Å². The van der Waals surface area contributed by atoms with Crippen LogP contribution in [0, 0.1) is 11.8 Å². The molecule has 1 amide bonds. The van der Waals surface area contributed by atoms with E-state index in [1.807, 2.05) is 61.6 Å². The zero-order valence-electron chi connectivity index (χ0n) is 12.5.